The minimum Gasteiger partial charge on any atom is -0.369 e. The van der Waals surface area contributed by atoms with E-state index >= 15 is 0 Å². The van der Waals surface area contributed by atoms with E-state index in [0.29, 0.717) is 11.3 Å². The molecule has 1 aliphatic heterocycles. The first-order chi connectivity index (χ1) is 14.8. The van der Waals surface area contributed by atoms with Crippen LogP contribution < -0.4 is 16.4 Å². The molecule has 2 aromatic rings. The Kier molecular flexibility index (Phi) is 7.41. The van der Waals surface area contributed by atoms with Crippen molar-refractivity contribution >= 4 is 23.4 Å². The van der Waals surface area contributed by atoms with Crippen LogP contribution in [0.25, 0.3) is 0 Å². The molecule has 7 heteroatoms. The standard InChI is InChI=1S/C24H30N4O3/c1-16-5-3-7-20(13-16)24(31)26-17(2)23(30)27-21-8-4-6-18(14-21)15-28-11-9-19(10-12-28)22(25)29/h3-8,13-14,17,19H,9-12,15H2,1-2H3,(H2,25,29)(H,26,31)(H,27,30). The van der Waals surface area contributed by atoms with Gasteiger partial charge in [0.2, 0.25) is 11.8 Å². The van der Waals surface area contributed by atoms with Gasteiger partial charge in [-0.25, -0.2) is 0 Å². The van der Waals surface area contributed by atoms with Crippen molar-refractivity contribution in [3.05, 3.63) is 65.2 Å². The van der Waals surface area contributed by atoms with Crippen LogP contribution in [0, 0.1) is 12.8 Å². The molecule has 1 saturated heterocycles. The van der Waals surface area contributed by atoms with Gasteiger partial charge in [0.25, 0.3) is 5.91 Å². The fourth-order valence-electron chi connectivity index (χ4n) is 3.76. The molecule has 3 rings (SSSR count). The molecule has 3 amide bonds. The van der Waals surface area contributed by atoms with Gasteiger partial charge in [0.1, 0.15) is 6.04 Å². The molecule has 4 N–H and O–H groups in total. The highest BCUT2D eigenvalue weighted by molar-refractivity contribution is 6.01. The fourth-order valence-corrected chi connectivity index (χ4v) is 3.76. The molecule has 1 atom stereocenters. The molecule has 0 aromatic heterocycles. The summed E-state index contributed by atoms with van der Waals surface area (Å²) in [7, 11) is 0. The molecule has 2 aromatic carbocycles. The molecule has 0 aliphatic carbocycles. The van der Waals surface area contributed by atoms with E-state index in [-0.39, 0.29) is 23.6 Å². The molecule has 0 spiro atoms. The number of primary amides is 1. The van der Waals surface area contributed by atoms with Gasteiger partial charge in [-0.15, -0.1) is 0 Å². The van der Waals surface area contributed by atoms with Crippen molar-refractivity contribution in [3.63, 3.8) is 0 Å². The number of hydrogen-bond donors (Lipinski definition) is 3. The van der Waals surface area contributed by atoms with Crippen LogP contribution in [0.5, 0.6) is 0 Å². The quantitative estimate of drug-likeness (QED) is 0.637. The summed E-state index contributed by atoms with van der Waals surface area (Å²) in [6.07, 6.45) is 1.56. The molecular weight excluding hydrogens is 392 g/mol. The fraction of sp³-hybridized carbons (Fsp3) is 0.375. The van der Waals surface area contributed by atoms with E-state index in [4.69, 9.17) is 5.73 Å². The minimum absolute atomic E-state index is 0.0293. The van der Waals surface area contributed by atoms with Crippen molar-refractivity contribution in [1.29, 1.82) is 0 Å². The highest BCUT2D eigenvalue weighted by atomic mass is 16.2. The van der Waals surface area contributed by atoms with E-state index in [2.05, 4.69) is 15.5 Å². The lowest BCUT2D eigenvalue weighted by Gasteiger charge is -2.30. The molecule has 1 unspecified atom stereocenters. The Morgan fingerprint density at radius 2 is 1.81 bits per heavy atom. The number of aryl methyl sites for hydroxylation is 1. The van der Waals surface area contributed by atoms with Crippen LogP contribution in [-0.2, 0) is 16.1 Å². The predicted octanol–water partition coefficient (Wildman–Crippen LogP) is 2.45. The van der Waals surface area contributed by atoms with Crippen molar-refractivity contribution in [2.75, 3.05) is 18.4 Å². The number of carbonyl (C=O) groups is 3. The summed E-state index contributed by atoms with van der Waals surface area (Å²) in [4.78, 5) is 38.6. The summed E-state index contributed by atoms with van der Waals surface area (Å²) in [5.41, 5.74) is 8.68. The SMILES string of the molecule is Cc1cccc(C(=O)NC(C)C(=O)Nc2cccc(CN3CCC(C(N)=O)CC3)c2)c1. The first kappa shape index (κ1) is 22.5. The van der Waals surface area contributed by atoms with Crippen LogP contribution >= 0.6 is 0 Å². The lowest BCUT2D eigenvalue weighted by atomic mass is 9.96. The third kappa shape index (κ3) is 6.39. The van der Waals surface area contributed by atoms with Crippen LogP contribution in [0.4, 0.5) is 5.69 Å². The third-order valence-electron chi connectivity index (χ3n) is 5.61. The second-order valence-corrected chi connectivity index (χ2v) is 8.21. The maximum Gasteiger partial charge on any atom is 0.251 e. The third-order valence-corrected chi connectivity index (χ3v) is 5.61. The van der Waals surface area contributed by atoms with Gasteiger partial charge in [0.05, 0.1) is 0 Å². The van der Waals surface area contributed by atoms with E-state index < -0.39 is 6.04 Å². The lowest BCUT2D eigenvalue weighted by molar-refractivity contribution is -0.123. The van der Waals surface area contributed by atoms with Gasteiger partial charge in [-0.2, -0.15) is 0 Å². The Hall–Kier alpha value is -3.19. The first-order valence-electron chi connectivity index (χ1n) is 10.6. The molecule has 1 aliphatic rings. The normalized spacial score (nSPS) is 15.8. The number of nitrogens with two attached hydrogens (primary N) is 1. The number of hydrogen-bond acceptors (Lipinski definition) is 4. The van der Waals surface area contributed by atoms with E-state index in [0.717, 1.165) is 43.6 Å². The Morgan fingerprint density at radius 3 is 2.48 bits per heavy atom. The zero-order valence-corrected chi connectivity index (χ0v) is 18.1. The zero-order chi connectivity index (χ0) is 22.4. The summed E-state index contributed by atoms with van der Waals surface area (Å²) in [5.74, 6) is -0.800. The first-order valence-corrected chi connectivity index (χ1v) is 10.6. The van der Waals surface area contributed by atoms with Gasteiger partial charge >= 0.3 is 0 Å². The molecule has 0 bridgehead atoms. The molecule has 1 fully saturated rings. The summed E-state index contributed by atoms with van der Waals surface area (Å²) < 4.78 is 0. The van der Waals surface area contributed by atoms with Crippen molar-refractivity contribution in [2.45, 2.75) is 39.3 Å². The molecule has 0 saturated carbocycles. The molecule has 164 valence electrons. The molecule has 1 heterocycles. The minimum atomic E-state index is -0.676. The van der Waals surface area contributed by atoms with Crippen molar-refractivity contribution < 1.29 is 14.4 Å². The van der Waals surface area contributed by atoms with E-state index in [9.17, 15) is 14.4 Å². The van der Waals surface area contributed by atoms with E-state index in [1.165, 1.54) is 0 Å². The number of likely N-dealkylation sites (tertiary alicyclic amines) is 1. The second kappa shape index (κ2) is 10.2. The summed E-state index contributed by atoms with van der Waals surface area (Å²) >= 11 is 0. The summed E-state index contributed by atoms with van der Waals surface area (Å²) in [6, 6.07) is 14.2. The number of rotatable bonds is 7. The maximum atomic E-state index is 12.6. The van der Waals surface area contributed by atoms with Crippen molar-refractivity contribution in [2.24, 2.45) is 11.7 Å². The van der Waals surface area contributed by atoms with Gasteiger partial charge in [0.15, 0.2) is 0 Å². The van der Waals surface area contributed by atoms with Gasteiger partial charge in [-0.05, 0) is 69.6 Å². The topological polar surface area (TPSA) is 105 Å². The van der Waals surface area contributed by atoms with E-state index in [1.807, 2.05) is 43.3 Å². The number of piperidine rings is 1. The number of amides is 3. The monoisotopic (exact) mass is 422 g/mol. The smallest absolute Gasteiger partial charge is 0.251 e. The predicted molar refractivity (Wildman–Crippen MR) is 120 cm³/mol. The Balaban J connectivity index is 1.53. The highest BCUT2D eigenvalue weighted by Crippen LogP contribution is 2.20. The molecular formula is C24H30N4O3. The number of benzene rings is 2. The Morgan fingerprint density at radius 1 is 1.10 bits per heavy atom. The highest BCUT2D eigenvalue weighted by Gasteiger charge is 2.23. The molecule has 31 heavy (non-hydrogen) atoms. The van der Waals surface area contributed by atoms with Crippen LogP contribution in [0.1, 0.15) is 41.3 Å². The number of carbonyl (C=O) groups excluding carboxylic acids is 3. The number of anilines is 1. The second-order valence-electron chi connectivity index (χ2n) is 8.21. The van der Waals surface area contributed by atoms with Crippen LogP contribution in [0.3, 0.4) is 0 Å². The van der Waals surface area contributed by atoms with Crippen molar-refractivity contribution in [1.82, 2.24) is 10.2 Å². The van der Waals surface area contributed by atoms with Crippen LogP contribution in [0.15, 0.2) is 48.5 Å². The maximum absolute atomic E-state index is 12.6. The average molecular weight is 423 g/mol. The molecule has 0 radical (unpaired) electrons. The number of nitrogens with zero attached hydrogens (tertiary/aromatic N) is 1. The Bertz CT molecular complexity index is 951. The largest absolute Gasteiger partial charge is 0.369 e. The van der Waals surface area contributed by atoms with Gasteiger partial charge < -0.3 is 16.4 Å². The van der Waals surface area contributed by atoms with Crippen molar-refractivity contribution in [3.8, 4) is 0 Å². The summed E-state index contributed by atoms with van der Waals surface area (Å²) in [5, 5.41) is 5.62. The lowest BCUT2D eigenvalue weighted by Crippen LogP contribution is -2.41. The zero-order valence-electron chi connectivity index (χ0n) is 18.1. The Labute approximate surface area is 183 Å². The van der Waals surface area contributed by atoms with Gasteiger partial charge in [-0.3, -0.25) is 19.3 Å². The number of nitrogens with one attached hydrogen (secondary N) is 2. The van der Waals surface area contributed by atoms with Gasteiger partial charge in [0, 0.05) is 23.7 Å². The molecule has 7 nitrogen and oxygen atoms in total. The summed E-state index contributed by atoms with van der Waals surface area (Å²) in [6.45, 7) is 5.98. The van der Waals surface area contributed by atoms with Crippen LogP contribution in [0.2, 0.25) is 0 Å². The van der Waals surface area contributed by atoms with Crippen LogP contribution in [-0.4, -0.2) is 41.8 Å². The van der Waals surface area contributed by atoms with E-state index in [1.54, 1.807) is 19.1 Å². The average Bonchev–Trinajstić information content (AvgIpc) is 2.74. The van der Waals surface area contributed by atoms with Gasteiger partial charge in [-0.1, -0.05) is 29.8 Å².